The van der Waals surface area contributed by atoms with Gasteiger partial charge < -0.3 is 4.40 Å². The number of pyridine rings is 1. The van der Waals surface area contributed by atoms with E-state index in [-0.39, 0.29) is 0 Å². The Balaban J connectivity index is 1.80. The minimum absolute atomic E-state index is 0.688. The summed E-state index contributed by atoms with van der Waals surface area (Å²) in [6.45, 7) is 2.11. The van der Waals surface area contributed by atoms with Gasteiger partial charge in [0.15, 0.2) is 0 Å². The van der Waals surface area contributed by atoms with Gasteiger partial charge in [0.1, 0.15) is 11.9 Å². The molecule has 0 saturated heterocycles. The van der Waals surface area contributed by atoms with Crippen molar-refractivity contribution >= 4 is 17.3 Å². The molecular formula is C15H15N5S. The number of aromatic amines is 1. The SMILES string of the molecule is CCCc1nc(SCc2cn3ccccc3c2C#N)n[nH]1. The van der Waals surface area contributed by atoms with Crippen molar-refractivity contribution in [3.8, 4) is 6.07 Å². The van der Waals surface area contributed by atoms with E-state index in [0.717, 1.165) is 40.5 Å². The average molecular weight is 297 g/mol. The van der Waals surface area contributed by atoms with Gasteiger partial charge in [0.05, 0.1) is 11.1 Å². The van der Waals surface area contributed by atoms with Crippen LogP contribution in [0.4, 0.5) is 0 Å². The molecule has 3 aromatic heterocycles. The quantitative estimate of drug-likeness (QED) is 0.734. The number of nitriles is 1. The maximum Gasteiger partial charge on any atom is 0.208 e. The molecule has 0 aromatic carbocycles. The highest BCUT2D eigenvalue weighted by Gasteiger charge is 2.11. The molecule has 21 heavy (non-hydrogen) atoms. The van der Waals surface area contributed by atoms with Crippen LogP contribution in [0.15, 0.2) is 35.7 Å². The zero-order chi connectivity index (χ0) is 14.7. The fourth-order valence-corrected chi connectivity index (χ4v) is 3.04. The monoisotopic (exact) mass is 297 g/mol. The van der Waals surface area contributed by atoms with E-state index in [1.807, 2.05) is 35.0 Å². The summed E-state index contributed by atoms with van der Waals surface area (Å²) in [4.78, 5) is 4.43. The molecule has 0 amide bonds. The van der Waals surface area contributed by atoms with Gasteiger partial charge in [0, 0.05) is 24.6 Å². The first-order valence-corrected chi connectivity index (χ1v) is 7.83. The van der Waals surface area contributed by atoms with Crippen LogP contribution in [0.1, 0.15) is 30.3 Å². The van der Waals surface area contributed by atoms with Crippen molar-refractivity contribution in [2.24, 2.45) is 0 Å². The number of aromatic nitrogens is 4. The number of aryl methyl sites for hydroxylation is 1. The van der Waals surface area contributed by atoms with Crippen molar-refractivity contribution in [1.82, 2.24) is 19.6 Å². The van der Waals surface area contributed by atoms with E-state index < -0.39 is 0 Å². The summed E-state index contributed by atoms with van der Waals surface area (Å²) in [5.41, 5.74) is 2.68. The summed E-state index contributed by atoms with van der Waals surface area (Å²) in [6.07, 6.45) is 5.91. The second-order valence-electron chi connectivity index (χ2n) is 4.74. The zero-order valence-corrected chi connectivity index (χ0v) is 12.5. The molecule has 3 heterocycles. The molecular weight excluding hydrogens is 282 g/mol. The van der Waals surface area contributed by atoms with Crippen molar-refractivity contribution in [1.29, 1.82) is 5.26 Å². The summed E-state index contributed by atoms with van der Waals surface area (Å²) < 4.78 is 1.98. The first-order chi connectivity index (χ1) is 10.3. The molecule has 0 radical (unpaired) electrons. The van der Waals surface area contributed by atoms with E-state index in [4.69, 9.17) is 0 Å². The fraction of sp³-hybridized carbons (Fsp3) is 0.267. The van der Waals surface area contributed by atoms with Crippen molar-refractivity contribution in [3.05, 3.63) is 47.5 Å². The van der Waals surface area contributed by atoms with Crippen LogP contribution in [0.5, 0.6) is 0 Å². The molecule has 106 valence electrons. The molecule has 3 rings (SSSR count). The van der Waals surface area contributed by atoms with E-state index in [1.54, 1.807) is 11.8 Å². The summed E-state index contributed by atoms with van der Waals surface area (Å²) in [5, 5.41) is 17.2. The van der Waals surface area contributed by atoms with Crippen molar-refractivity contribution in [2.75, 3.05) is 0 Å². The molecule has 0 fully saturated rings. The van der Waals surface area contributed by atoms with Crippen LogP contribution in [-0.4, -0.2) is 19.6 Å². The van der Waals surface area contributed by atoms with Gasteiger partial charge in [0.2, 0.25) is 5.16 Å². The molecule has 6 heteroatoms. The lowest BCUT2D eigenvalue weighted by Gasteiger charge is -1.94. The third-order valence-electron chi connectivity index (χ3n) is 3.23. The molecule has 0 atom stereocenters. The van der Waals surface area contributed by atoms with Gasteiger partial charge >= 0.3 is 0 Å². The van der Waals surface area contributed by atoms with Gasteiger partial charge in [-0.1, -0.05) is 24.8 Å². The second-order valence-corrected chi connectivity index (χ2v) is 5.68. The molecule has 0 spiro atoms. The van der Waals surface area contributed by atoms with Crippen LogP contribution in [0.3, 0.4) is 0 Å². The Kier molecular flexibility index (Phi) is 3.93. The molecule has 3 aromatic rings. The molecule has 0 unspecified atom stereocenters. The van der Waals surface area contributed by atoms with Crippen LogP contribution in [-0.2, 0) is 12.2 Å². The Morgan fingerprint density at radius 1 is 1.43 bits per heavy atom. The normalized spacial score (nSPS) is 10.9. The first-order valence-electron chi connectivity index (χ1n) is 6.84. The number of hydrogen-bond donors (Lipinski definition) is 1. The van der Waals surface area contributed by atoms with E-state index in [0.29, 0.717) is 5.75 Å². The Labute approximate surface area is 127 Å². The van der Waals surface area contributed by atoms with Gasteiger partial charge in [-0.15, -0.1) is 5.10 Å². The summed E-state index contributed by atoms with van der Waals surface area (Å²) >= 11 is 1.55. The molecule has 5 nitrogen and oxygen atoms in total. The maximum absolute atomic E-state index is 9.37. The Morgan fingerprint density at radius 3 is 3.14 bits per heavy atom. The number of hydrogen-bond acceptors (Lipinski definition) is 4. The van der Waals surface area contributed by atoms with E-state index in [9.17, 15) is 5.26 Å². The molecule has 0 bridgehead atoms. The van der Waals surface area contributed by atoms with E-state index in [2.05, 4.69) is 28.2 Å². The van der Waals surface area contributed by atoms with Gasteiger partial charge in [-0.05, 0) is 24.1 Å². The van der Waals surface area contributed by atoms with Crippen LogP contribution < -0.4 is 0 Å². The number of nitrogens with one attached hydrogen (secondary N) is 1. The smallest absolute Gasteiger partial charge is 0.208 e. The molecule has 0 saturated carbocycles. The average Bonchev–Trinajstić information content (AvgIpc) is 3.09. The second kappa shape index (κ2) is 6.02. The minimum Gasteiger partial charge on any atom is -0.322 e. The number of fused-ring (bicyclic) bond motifs is 1. The highest BCUT2D eigenvalue weighted by Crippen LogP contribution is 2.25. The van der Waals surface area contributed by atoms with Crippen molar-refractivity contribution in [3.63, 3.8) is 0 Å². The highest BCUT2D eigenvalue weighted by atomic mass is 32.2. The molecule has 0 aliphatic rings. The summed E-state index contributed by atoms with van der Waals surface area (Å²) in [6, 6.07) is 8.15. The Hall–Kier alpha value is -2.26. The largest absolute Gasteiger partial charge is 0.322 e. The maximum atomic E-state index is 9.37. The van der Waals surface area contributed by atoms with Gasteiger partial charge in [-0.25, -0.2) is 4.98 Å². The first kappa shape index (κ1) is 13.7. The molecule has 0 aliphatic carbocycles. The lowest BCUT2D eigenvalue weighted by Crippen LogP contribution is -1.85. The lowest BCUT2D eigenvalue weighted by atomic mass is 10.2. The summed E-state index contributed by atoms with van der Waals surface area (Å²) in [5.74, 6) is 1.61. The van der Waals surface area contributed by atoms with Crippen molar-refractivity contribution < 1.29 is 0 Å². The zero-order valence-electron chi connectivity index (χ0n) is 11.7. The summed E-state index contributed by atoms with van der Waals surface area (Å²) in [7, 11) is 0. The predicted octanol–water partition coefficient (Wildman–Crippen LogP) is 3.17. The predicted molar refractivity (Wildman–Crippen MR) is 82.1 cm³/mol. The van der Waals surface area contributed by atoms with Crippen LogP contribution >= 0.6 is 11.8 Å². The van der Waals surface area contributed by atoms with Crippen LogP contribution in [0.2, 0.25) is 0 Å². The minimum atomic E-state index is 0.688. The van der Waals surface area contributed by atoms with Crippen LogP contribution in [0, 0.1) is 11.3 Å². The molecule has 0 aliphatic heterocycles. The van der Waals surface area contributed by atoms with Gasteiger partial charge in [-0.3, -0.25) is 5.10 Å². The van der Waals surface area contributed by atoms with Gasteiger partial charge in [0.25, 0.3) is 0 Å². The standard InChI is InChI=1S/C15H15N5S/c1-2-5-14-17-15(19-18-14)21-10-11-9-20-7-4-3-6-13(20)12(11)8-16/h3-4,6-7,9H,2,5,10H2,1H3,(H,17,18,19). The van der Waals surface area contributed by atoms with Gasteiger partial charge in [-0.2, -0.15) is 5.26 Å². The number of nitrogens with zero attached hydrogens (tertiary/aromatic N) is 4. The third kappa shape index (κ3) is 2.78. The fourth-order valence-electron chi connectivity index (χ4n) is 2.25. The number of rotatable bonds is 5. The number of thioether (sulfide) groups is 1. The van der Waals surface area contributed by atoms with E-state index in [1.165, 1.54) is 0 Å². The highest BCUT2D eigenvalue weighted by molar-refractivity contribution is 7.98. The molecule has 1 N–H and O–H groups in total. The number of H-pyrrole nitrogens is 1. The lowest BCUT2D eigenvalue weighted by molar-refractivity contribution is 0.840. The van der Waals surface area contributed by atoms with E-state index >= 15 is 0 Å². The third-order valence-corrected chi connectivity index (χ3v) is 4.12. The topological polar surface area (TPSA) is 69.8 Å². The Bertz CT molecular complexity index is 796. The van der Waals surface area contributed by atoms with Crippen LogP contribution in [0.25, 0.3) is 5.52 Å². The van der Waals surface area contributed by atoms with Crippen molar-refractivity contribution in [2.45, 2.75) is 30.7 Å². The Morgan fingerprint density at radius 2 is 2.33 bits per heavy atom.